The van der Waals surface area contributed by atoms with Crippen LogP contribution < -0.4 is 0 Å². The van der Waals surface area contributed by atoms with E-state index < -0.39 is 0 Å². The second kappa shape index (κ2) is 7.85. The molecule has 1 aromatic carbocycles. The van der Waals surface area contributed by atoms with E-state index in [1.54, 1.807) is 35.6 Å². The molecule has 1 saturated heterocycles. The average Bonchev–Trinajstić information content (AvgIpc) is 3.05. The van der Waals surface area contributed by atoms with Gasteiger partial charge in [-0.3, -0.25) is 4.79 Å². The van der Waals surface area contributed by atoms with E-state index in [1.807, 2.05) is 16.7 Å². The highest BCUT2D eigenvalue weighted by Crippen LogP contribution is 2.36. The summed E-state index contributed by atoms with van der Waals surface area (Å²) >= 11 is 3.71. The van der Waals surface area contributed by atoms with Crippen LogP contribution in [0.5, 0.6) is 0 Å². The molecule has 1 unspecified atom stereocenters. The largest absolute Gasteiger partial charge is 0.465 e. The van der Waals surface area contributed by atoms with E-state index in [1.165, 1.54) is 12.0 Å². The van der Waals surface area contributed by atoms with Gasteiger partial charge in [-0.05, 0) is 42.1 Å². The lowest BCUT2D eigenvalue weighted by Crippen LogP contribution is -2.33. The minimum absolute atomic E-state index is 0.0267. The highest BCUT2D eigenvalue weighted by Gasteiger charge is 2.23. The van der Waals surface area contributed by atoms with Crippen molar-refractivity contribution in [1.82, 2.24) is 4.90 Å². The Labute approximate surface area is 149 Å². The minimum atomic E-state index is -0.390. The summed E-state index contributed by atoms with van der Waals surface area (Å²) in [6, 6.07) is 10.9. The SMILES string of the molecule is COC(=O)c1ccc(C(=O)N2CCSC(c3cccs3)CC2)cc1. The molecular formula is C18H19NO3S2. The molecular weight excluding hydrogens is 342 g/mol. The molecule has 0 radical (unpaired) electrons. The van der Waals surface area contributed by atoms with Crippen molar-refractivity contribution in [3.8, 4) is 0 Å². The number of carbonyl (C=O) groups excluding carboxylic acids is 2. The maximum Gasteiger partial charge on any atom is 0.337 e. The molecule has 6 heteroatoms. The molecule has 0 aliphatic carbocycles. The fraction of sp³-hybridized carbons (Fsp3) is 0.333. The van der Waals surface area contributed by atoms with Gasteiger partial charge in [0.1, 0.15) is 0 Å². The van der Waals surface area contributed by atoms with Gasteiger partial charge in [0.05, 0.1) is 12.7 Å². The summed E-state index contributed by atoms with van der Waals surface area (Å²) in [5.41, 5.74) is 1.07. The Hall–Kier alpha value is -1.79. The minimum Gasteiger partial charge on any atom is -0.465 e. The van der Waals surface area contributed by atoms with E-state index in [4.69, 9.17) is 0 Å². The molecule has 126 valence electrons. The molecule has 1 amide bonds. The number of nitrogens with zero attached hydrogens (tertiary/aromatic N) is 1. The molecule has 0 spiro atoms. The lowest BCUT2D eigenvalue weighted by atomic mass is 10.1. The van der Waals surface area contributed by atoms with Gasteiger partial charge >= 0.3 is 5.97 Å². The monoisotopic (exact) mass is 361 g/mol. The highest BCUT2D eigenvalue weighted by molar-refractivity contribution is 7.99. The van der Waals surface area contributed by atoms with Gasteiger partial charge in [-0.15, -0.1) is 11.3 Å². The molecule has 1 fully saturated rings. The van der Waals surface area contributed by atoms with E-state index in [9.17, 15) is 9.59 Å². The third-order valence-corrected chi connectivity index (χ3v) is 6.49. The van der Waals surface area contributed by atoms with Crippen LogP contribution in [0.2, 0.25) is 0 Å². The fourth-order valence-corrected chi connectivity index (χ4v) is 4.96. The van der Waals surface area contributed by atoms with Crippen LogP contribution in [-0.2, 0) is 4.74 Å². The summed E-state index contributed by atoms with van der Waals surface area (Å²) in [7, 11) is 1.35. The van der Waals surface area contributed by atoms with Gasteiger partial charge in [0, 0.05) is 34.5 Å². The molecule has 0 bridgehead atoms. The van der Waals surface area contributed by atoms with Crippen molar-refractivity contribution in [2.24, 2.45) is 0 Å². The van der Waals surface area contributed by atoms with Gasteiger partial charge in [-0.25, -0.2) is 4.79 Å². The summed E-state index contributed by atoms with van der Waals surface area (Å²) in [5, 5.41) is 2.58. The summed E-state index contributed by atoms with van der Waals surface area (Å²) in [5.74, 6) is 0.576. The molecule has 1 aromatic heterocycles. The van der Waals surface area contributed by atoms with Crippen LogP contribution in [0.25, 0.3) is 0 Å². The molecule has 1 aliphatic rings. The summed E-state index contributed by atoms with van der Waals surface area (Å²) in [6.07, 6.45) is 0.969. The first-order valence-corrected chi connectivity index (χ1v) is 9.74. The van der Waals surface area contributed by atoms with Crippen molar-refractivity contribution in [1.29, 1.82) is 0 Å². The lowest BCUT2D eigenvalue weighted by Gasteiger charge is -2.20. The van der Waals surface area contributed by atoms with Crippen molar-refractivity contribution < 1.29 is 14.3 Å². The van der Waals surface area contributed by atoms with Crippen LogP contribution in [0.4, 0.5) is 0 Å². The van der Waals surface area contributed by atoms with Crippen molar-refractivity contribution >= 4 is 35.0 Å². The first-order chi connectivity index (χ1) is 11.7. The van der Waals surface area contributed by atoms with E-state index >= 15 is 0 Å². The Morgan fingerprint density at radius 1 is 1.12 bits per heavy atom. The number of rotatable bonds is 3. The molecule has 3 rings (SSSR count). The number of benzene rings is 1. The van der Waals surface area contributed by atoms with E-state index in [2.05, 4.69) is 22.2 Å². The maximum atomic E-state index is 12.7. The maximum absolute atomic E-state index is 12.7. The highest BCUT2D eigenvalue weighted by atomic mass is 32.2. The number of carbonyl (C=O) groups is 2. The van der Waals surface area contributed by atoms with Crippen LogP contribution in [0.3, 0.4) is 0 Å². The van der Waals surface area contributed by atoms with E-state index in [0.717, 1.165) is 25.3 Å². The normalized spacial score (nSPS) is 18.0. The van der Waals surface area contributed by atoms with E-state index in [-0.39, 0.29) is 11.9 Å². The third kappa shape index (κ3) is 3.82. The van der Waals surface area contributed by atoms with Gasteiger partial charge in [0.25, 0.3) is 5.91 Å². The lowest BCUT2D eigenvalue weighted by molar-refractivity contribution is 0.0599. The molecule has 0 saturated carbocycles. The summed E-state index contributed by atoms with van der Waals surface area (Å²) in [4.78, 5) is 27.5. The number of amides is 1. The second-order valence-corrected chi connectivity index (χ2v) is 7.81. The Morgan fingerprint density at radius 2 is 1.88 bits per heavy atom. The Morgan fingerprint density at radius 3 is 2.54 bits per heavy atom. The number of ether oxygens (including phenoxy) is 1. The van der Waals surface area contributed by atoms with Crippen molar-refractivity contribution in [2.75, 3.05) is 26.0 Å². The zero-order valence-corrected chi connectivity index (χ0v) is 15.1. The average molecular weight is 361 g/mol. The number of thiophene rings is 1. The van der Waals surface area contributed by atoms with Crippen LogP contribution in [-0.4, -0.2) is 42.7 Å². The van der Waals surface area contributed by atoms with Crippen LogP contribution in [0, 0.1) is 0 Å². The number of methoxy groups -OCH3 is 1. The smallest absolute Gasteiger partial charge is 0.337 e. The van der Waals surface area contributed by atoms with Crippen LogP contribution in [0.15, 0.2) is 41.8 Å². The number of thioether (sulfide) groups is 1. The van der Waals surface area contributed by atoms with Gasteiger partial charge in [0.15, 0.2) is 0 Å². The Kier molecular flexibility index (Phi) is 5.58. The number of hydrogen-bond acceptors (Lipinski definition) is 5. The number of hydrogen-bond donors (Lipinski definition) is 0. The van der Waals surface area contributed by atoms with Gasteiger partial charge in [0.2, 0.25) is 0 Å². The first-order valence-electron chi connectivity index (χ1n) is 7.81. The topological polar surface area (TPSA) is 46.6 Å². The molecule has 24 heavy (non-hydrogen) atoms. The predicted molar refractivity (Wildman–Crippen MR) is 97.8 cm³/mol. The Bertz CT molecular complexity index is 698. The quantitative estimate of drug-likeness (QED) is 0.779. The predicted octanol–water partition coefficient (Wildman–Crippen LogP) is 3.86. The fourth-order valence-electron chi connectivity index (χ4n) is 2.72. The Balaban J connectivity index is 1.65. The zero-order chi connectivity index (χ0) is 16.9. The molecule has 4 nitrogen and oxygen atoms in total. The standard InChI is InChI=1S/C18H19NO3S2/c1-22-18(21)14-6-4-13(5-7-14)17(20)19-9-8-16(24-12-10-19)15-3-2-11-23-15/h2-7,11,16H,8-10,12H2,1H3. The third-order valence-electron chi connectivity index (χ3n) is 4.04. The summed E-state index contributed by atoms with van der Waals surface area (Å²) < 4.78 is 4.68. The second-order valence-electron chi connectivity index (χ2n) is 5.52. The van der Waals surface area contributed by atoms with Gasteiger partial charge < -0.3 is 9.64 Å². The van der Waals surface area contributed by atoms with Crippen molar-refractivity contribution in [2.45, 2.75) is 11.7 Å². The molecule has 0 N–H and O–H groups in total. The van der Waals surface area contributed by atoms with E-state index in [0.29, 0.717) is 16.4 Å². The van der Waals surface area contributed by atoms with Gasteiger partial charge in [-0.1, -0.05) is 6.07 Å². The first kappa shape index (κ1) is 17.0. The van der Waals surface area contributed by atoms with Crippen molar-refractivity contribution in [3.63, 3.8) is 0 Å². The summed E-state index contributed by atoms with van der Waals surface area (Å²) in [6.45, 7) is 1.51. The zero-order valence-electron chi connectivity index (χ0n) is 13.4. The molecule has 2 aromatic rings. The molecule has 2 heterocycles. The molecule has 1 atom stereocenters. The van der Waals surface area contributed by atoms with Gasteiger partial charge in [-0.2, -0.15) is 11.8 Å². The molecule has 1 aliphatic heterocycles. The van der Waals surface area contributed by atoms with Crippen LogP contribution in [0.1, 0.15) is 37.3 Å². The number of esters is 1. The van der Waals surface area contributed by atoms with Crippen LogP contribution >= 0.6 is 23.1 Å². The van der Waals surface area contributed by atoms with Crippen molar-refractivity contribution in [3.05, 3.63) is 57.8 Å².